The van der Waals surface area contributed by atoms with Gasteiger partial charge in [0.25, 0.3) is 0 Å². The third-order valence-electron chi connectivity index (χ3n) is 4.22. The minimum Gasteiger partial charge on any atom is -0.0654 e. The molecule has 0 bridgehead atoms. The average molecular weight is 212 g/mol. The van der Waals surface area contributed by atoms with Gasteiger partial charge in [-0.3, -0.25) is 0 Å². The van der Waals surface area contributed by atoms with Crippen LogP contribution in [0.2, 0.25) is 0 Å². The van der Waals surface area contributed by atoms with Crippen LogP contribution in [0.4, 0.5) is 0 Å². The first-order valence-electron chi connectivity index (χ1n) is 6.62. The number of rotatable bonds is 4. The normalized spacial score (nSPS) is 14.4. The Labute approximate surface area is 97.8 Å². The third-order valence-corrected chi connectivity index (χ3v) is 4.22. The summed E-state index contributed by atoms with van der Waals surface area (Å²) in [6.45, 7) is 19.2. The summed E-state index contributed by atoms with van der Waals surface area (Å²) in [7, 11) is 0. The molecule has 0 saturated carbocycles. The van der Waals surface area contributed by atoms with E-state index in [-0.39, 0.29) is 0 Å². The summed E-state index contributed by atoms with van der Waals surface area (Å²) >= 11 is 0. The summed E-state index contributed by atoms with van der Waals surface area (Å²) < 4.78 is 0. The highest BCUT2D eigenvalue weighted by molar-refractivity contribution is 4.97. The molecule has 0 saturated heterocycles. The van der Waals surface area contributed by atoms with Crippen LogP contribution in [0, 0.1) is 16.2 Å². The van der Waals surface area contributed by atoms with E-state index in [9.17, 15) is 0 Å². The van der Waals surface area contributed by atoms with Gasteiger partial charge in [-0.25, -0.2) is 0 Å². The molecule has 0 heteroatoms. The van der Waals surface area contributed by atoms with Crippen LogP contribution < -0.4 is 0 Å². The van der Waals surface area contributed by atoms with Gasteiger partial charge in [0.05, 0.1) is 0 Å². The second-order valence-electron chi connectivity index (χ2n) is 7.08. The molecule has 0 aromatic carbocycles. The van der Waals surface area contributed by atoms with Crippen molar-refractivity contribution in [3.8, 4) is 0 Å². The van der Waals surface area contributed by atoms with Gasteiger partial charge in [0.1, 0.15) is 0 Å². The number of hydrogen-bond acceptors (Lipinski definition) is 0. The molecule has 0 spiro atoms. The van der Waals surface area contributed by atoms with E-state index >= 15 is 0 Å². The largest absolute Gasteiger partial charge is 0.0654 e. The predicted octanol–water partition coefficient (Wildman–Crippen LogP) is 5.67. The minimum absolute atomic E-state index is 0.400. The lowest BCUT2D eigenvalue weighted by Gasteiger charge is -2.54. The Morgan fingerprint density at radius 2 is 0.867 bits per heavy atom. The lowest BCUT2D eigenvalue weighted by Crippen LogP contribution is -2.46. The van der Waals surface area contributed by atoms with Crippen LogP contribution >= 0.6 is 0 Å². The zero-order valence-electron chi connectivity index (χ0n) is 12.3. The van der Waals surface area contributed by atoms with Crippen molar-refractivity contribution in [2.45, 2.75) is 81.1 Å². The van der Waals surface area contributed by atoms with Gasteiger partial charge in [0.15, 0.2) is 0 Å². The molecule has 0 radical (unpaired) electrons. The first-order valence-corrected chi connectivity index (χ1v) is 6.62. The summed E-state index contributed by atoms with van der Waals surface area (Å²) in [5, 5.41) is 0. The fourth-order valence-electron chi connectivity index (χ4n) is 3.60. The van der Waals surface area contributed by atoms with Crippen molar-refractivity contribution in [2.75, 3.05) is 0 Å². The molecule has 0 unspecified atom stereocenters. The lowest BCUT2D eigenvalue weighted by atomic mass is 9.50. The van der Waals surface area contributed by atoms with E-state index in [4.69, 9.17) is 0 Å². The van der Waals surface area contributed by atoms with E-state index in [1.807, 2.05) is 0 Å². The Kier molecular flexibility index (Phi) is 4.89. The van der Waals surface area contributed by atoms with Crippen molar-refractivity contribution in [1.29, 1.82) is 0 Å². The topological polar surface area (TPSA) is 0 Å². The second-order valence-corrected chi connectivity index (χ2v) is 7.08. The predicted molar refractivity (Wildman–Crippen MR) is 71.2 cm³/mol. The molecule has 0 aromatic rings. The average Bonchev–Trinajstić information content (AvgIpc) is 1.99. The third kappa shape index (κ3) is 2.98. The highest BCUT2D eigenvalue weighted by atomic mass is 14.5. The summed E-state index contributed by atoms with van der Waals surface area (Å²) in [6.07, 6.45) is 5.31. The van der Waals surface area contributed by atoms with Crippen molar-refractivity contribution < 1.29 is 0 Å². The maximum atomic E-state index is 2.42. The number of hydrogen-bond donors (Lipinski definition) is 0. The van der Waals surface area contributed by atoms with Gasteiger partial charge in [-0.05, 0) is 29.1 Å². The molecular formula is C15H32. The van der Waals surface area contributed by atoms with Crippen molar-refractivity contribution in [3.05, 3.63) is 0 Å². The van der Waals surface area contributed by atoms with Gasteiger partial charge in [-0.1, -0.05) is 68.2 Å². The summed E-state index contributed by atoms with van der Waals surface area (Å²) in [6, 6.07) is 0. The molecule has 0 N–H and O–H groups in total. The molecule has 0 rings (SSSR count). The zero-order chi connectivity index (χ0) is 12.3. The highest BCUT2D eigenvalue weighted by Gasteiger charge is 2.48. The Morgan fingerprint density at radius 3 is 1.00 bits per heavy atom. The summed E-state index contributed by atoms with van der Waals surface area (Å²) in [5.41, 5.74) is 1.28. The van der Waals surface area contributed by atoms with Crippen LogP contribution in [0.5, 0.6) is 0 Å². The molecular weight excluding hydrogens is 180 g/mol. The molecule has 0 aliphatic heterocycles. The molecule has 15 heavy (non-hydrogen) atoms. The molecule has 0 amide bonds. The van der Waals surface area contributed by atoms with Crippen molar-refractivity contribution in [1.82, 2.24) is 0 Å². The van der Waals surface area contributed by atoms with E-state index in [1.54, 1.807) is 0 Å². The fourth-order valence-corrected chi connectivity index (χ4v) is 3.60. The van der Waals surface area contributed by atoms with Gasteiger partial charge in [-0.2, -0.15) is 0 Å². The Balaban J connectivity index is 5.28. The summed E-state index contributed by atoms with van der Waals surface area (Å²) in [4.78, 5) is 0. The van der Waals surface area contributed by atoms with Crippen LogP contribution in [0.1, 0.15) is 81.1 Å². The molecule has 92 valence electrons. The van der Waals surface area contributed by atoms with E-state index in [0.29, 0.717) is 16.2 Å². The van der Waals surface area contributed by atoms with Gasteiger partial charge in [-0.15, -0.1) is 0 Å². The van der Waals surface area contributed by atoms with E-state index in [0.717, 1.165) is 0 Å². The quantitative estimate of drug-likeness (QED) is 0.563. The van der Waals surface area contributed by atoms with Gasteiger partial charge >= 0.3 is 0 Å². The van der Waals surface area contributed by atoms with Crippen LogP contribution in [-0.4, -0.2) is 0 Å². The van der Waals surface area contributed by atoms with Crippen LogP contribution in [-0.2, 0) is 0 Å². The van der Waals surface area contributed by atoms with E-state index < -0.39 is 0 Å². The lowest BCUT2D eigenvalue weighted by molar-refractivity contribution is -0.0493. The maximum absolute atomic E-state index is 2.42. The summed E-state index contributed by atoms with van der Waals surface area (Å²) in [5.74, 6) is 0. The van der Waals surface area contributed by atoms with E-state index in [1.165, 1.54) is 25.7 Å². The van der Waals surface area contributed by atoms with E-state index in [2.05, 4.69) is 55.4 Å². The van der Waals surface area contributed by atoms with Crippen molar-refractivity contribution in [3.63, 3.8) is 0 Å². The molecule has 0 aromatic heterocycles. The Morgan fingerprint density at radius 1 is 0.600 bits per heavy atom. The first-order chi connectivity index (χ1) is 6.62. The smallest absolute Gasteiger partial charge is 0.0200 e. The Bertz CT molecular complexity index is 153. The molecule has 0 heterocycles. The molecule has 0 aliphatic rings. The molecule has 0 nitrogen and oxygen atoms in total. The maximum Gasteiger partial charge on any atom is -0.0200 e. The molecule has 0 fully saturated rings. The Hall–Kier alpha value is 0. The second kappa shape index (κ2) is 4.89. The molecule has 0 aliphatic carbocycles. The van der Waals surface area contributed by atoms with Crippen molar-refractivity contribution >= 4 is 0 Å². The monoisotopic (exact) mass is 212 g/mol. The van der Waals surface area contributed by atoms with Gasteiger partial charge in [0, 0.05) is 0 Å². The minimum atomic E-state index is 0.400. The highest BCUT2D eigenvalue weighted by Crippen LogP contribution is 2.57. The van der Waals surface area contributed by atoms with Crippen LogP contribution in [0.25, 0.3) is 0 Å². The van der Waals surface area contributed by atoms with Gasteiger partial charge < -0.3 is 0 Å². The van der Waals surface area contributed by atoms with Crippen LogP contribution in [0.3, 0.4) is 0 Å². The SMILES string of the molecule is CCCC(CCC)(C(C)(C)C)C(C)(C)C. The van der Waals surface area contributed by atoms with Gasteiger partial charge in [0.2, 0.25) is 0 Å². The molecule has 0 atom stereocenters. The fraction of sp³-hybridized carbons (Fsp3) is 1.00. The first kappa shape index (κ1) is 15.0. The standard InChI is InChI=1S/C15H32/c1-9-11-15(12-10-2,13(3,4)5)14(6,7)8/h9-12H2,1-8H3. The van der Waals surface area contributed by atoms with Crippen LogP contribution in [0.15, 0.2) is 0 Å². The zero-order valence-corrected chi connectivity index (χ0v) is 12.3. The van der Waals surface area contributed by atoms with Crippen molar-refractivity contribution in [2.24, 2.45) is 16.2 Å².